The number of aromatic amines is 1. The van der Waals surface area contributed by atoms with Crippen LogP contribution in [0.4, 0.5) is 0 Å². The number of amides is 1. The second-order valence-electron chi connectivity index (χ2n) is 6.83. The van der Waals surface area contributed by atoms with Crippen LogP contribution in [0.2, 0.25) is 5.02 Å². The predicted octanol–water partition coefficient (Wildman–Crippen LogP) is 4.78. The Balaban J connectivity index is 1.44. The number of carbonyl (C=O) groups excluding carboxylic acids is 1. The third kappa shape index (κ3) is 5.14. The van der Waals surface area contributed by atoms with Crippen molar-refractivity contribution in [1.29, 1.82) is 0 Å². The summed E-state index contributed by atoms with van der Waals surface area (Å²) in [6.07, 6.45) is 1.48. The van der Waals surface area contributed by atoms with Gasteiger partial charge >= 0.3 is 0 Å². The molecule has 0 saturated heterocycles. The normalized spacial score (nSPS) is 10.9. The van der Waals surface area contributed by atoms with Gasteiger partial charge in [0.25, 0.3) is 5.91 Å². The van der Waals surface area contributed by atoms with Crippen LogP contribution in [0.5, 0.6) is 11.5 Å². The van der Waals surface area contributed by atoms with E-state index >= 15 is 0 Å². The number of H-pyrrole nitrogens is 1. The topological polar surface area (TPSA) is 99.6 Å². The summed E-state index contributed by atoms with van der Waals surface area (Å²) in [5.41, 5.74) is 5.61. The number of halogens is 1. The summed E-state index contributed by atoms with van der Waals surface area (Å²) in [4.78, 5) is 12.4. The van der Waals surface area contributed by atoms with E-state index in [0.29, 0.717) is 23.1 Å². The highest BCUT2D eigenvalue weighted by Crippen LogP contribution is 2.30. The molecule has 1 aromatic heterocycles. The second-order valence-corrected chi connectivity index (χ2v) is 7.24. The van der Waals surface area contributed by atoms with E-state index in [1.165, 1.54) is 18.3 Å². The van der Waals surface area contributed by atoms with Crippen molar-refractivity contribution in [2.75, 3.05) is 0 Å². The fourth-order valence-corrected chi connectivity index (χ4v) is 3.13. The van der Waals surface area contributed by atoms with Gasteiger partial charge in [-0.05, 0) is 54.1 Å². The smallest absolute Gasteiger partial charge is 0.289 e. The van der Waals surface area contributed by atoms with Gasteiger partial charge in [-0.15, -0.1) is 0 Å². The number of aromatic hydroxyl groups is 1. The Morgan fingerprint density at radius 3 is 2.66 bits per heavy atom. The molecule has 0 unspecified atom stereocenters. The van der Waals surface area contributed by atoms with Crippen molar-refractivity contribution in [3.05, 3.63) is 101 Å². The molecule has 8 heteroatoms. The molecule has 0 bridgehead atoms. The minimum absolute atomic E-state index is 0.160. The van der Waals surface area contributed by atoms with E-state index in [1.54, 1.807) is 18.2 Å². The number of benzene rings is 3. The van der Waals surface area contributed by atoms with Gasteiger partial charge in [0.2, 0.25) is 0 Å². The second kappa shape index (κ2) is 9.80. The molecule has 160 valence electrons. The zero-order valence-corrected chi connectivity index (χ0v) is 17.6. The molecule has 4 aromatic rings. The third-order valence-corrected chi connectivity index (χ3v) is 4.97. The molecule has 0 radical (unpaired) electrons. The highest BCUT2D eigenvalue weighted by molar-refractivity contribution is 6.31. The maximum absolute atomic E-state index is 12.4. The van der Waals surface area contributed by atoms with Gasteiger partial charge in [0, 0.05) is 16.1 Å². The Kier molecular flexibility index (Phi) is 6.48. The molecule has 0 aliphatic heterocycles. The summed E-state index contributed by atoms with van der Waals surface area (Å²) >= 11 is 6.21. The lowest BCUT2D eigenvalue weighted by molar-refractivity contribution is 0.0950. The van der Waals surface area contributed by atoms with E-state index in [4.69, 9.17) is 16.3 Å². The van der Waals surface area contributed by atoms with Crippen molar-refractivity contribution in [3.63, 3.8) is 0 Å². The average Bonchev–Trinajstić information content (AvgIpc) is 3.30. The molecule has 32 heavy (non-hydrogen) atoms. The quantitative estimate of drug-likeness (QED) is 0.281. The Morgan fingerprint density at radius 2 is 1.84 bits per heavy atom. The van der Waals surface area contributed by atoms with Crippen LogP contribution in [0.1, 0.15) is 21.6 Å². The van der Waals surface area contributed by atoms with Crippen LogP contribution in [0, 0.1) is 0 Å². The van der Waals surface area contributed by atoms with E-state index in [0.717, 1.165) is 16.7 Å². The number of hydrogen-bond donors (Lipinski definition) is 3. The van der Waals surface area contributed by atoms with Crippen LogP contribution >= 0.6 is 11.6 Å². The molecular weight excluding hydrogens is 428 g/mol. The summed E-state index contributed by atoms with van der Waals surface area (Å²) in [5, 5.41) is 20.8. The minimum Gasteiger partial charge on any atom is -0.508 e. The summed E-state index contributed by atoms with van der Waals surface area (Å²) in [7, 11) is 0. The van der Waals surface area contributed by atoms with Crippen molar-refractivity contribution in [3.8, 4) is 22.8 Å². The molecule has 3 aromatic carbocycles. The van der Waals surface area contributed by atoms with Crippen LogP contribution in [0.3, 0.4) is 0 Å². The number of ether oxygens (including phenoxy) is 1. The molecule has 0 aliphatic rings. The first-order valence-corrected chi connectivity index (χ1v) is 10.1. The largest absolute Gasteiger partial charge is 0.508 e. The van der Waals surface area contributed by atoms with Crippen LogP contribution in [0.25, 0.3) is 11.3 Å². The van der Waals surface area contributed by atoms with E-state index in [1.807, 2.05) is 48.5 Å². The third-order valence-electron chi connectivity index (χ3n) is 4.60. The molecular formula is C24H19ClN4O3. The van der Waals surface area contributed by atoms with Crippen molar-refractivity contribution in [1.82, 2.24) is 15.6 Å². The number of hydrogen-bond acceptors (Lipinski definition) is 5. The number of para-hydroxylation sites is 1. The Bertz CT molecular complexity index is 1250. The molecule has 4 rings (SSSR count). The number of nitrogens with zero attached hydrogens (tertiary/aromatic N) is 2. The van der Waals surface area contributed by atoms with E-state index in [-0.39, 0.29) is 11.4 Å². The SMILES string of the molecule is O=C(NN=Cc1ccc(O)cc1)c1cc(-c2ccccc2OCc2ccccc2Cl)n[nH]1. The summed E-state index contributed by atoms with van der Waals surface area (Å²) in [5.74, 6) is 0.344. The van der Waals surface area contributed by atoms with Crippen LogP contribution in [-0.2, 0) is 6.61 Å². The Hall–Kier alpha value is -4.10. The van der Waals surface area contributed by atoms with Gasteiger partial charge in [0.1, 0.15) is 23.8 Å². The van der Waals surface area contributed by atoms with Gasteiger partial charge in [-0.1, -0.05) is 41.9 Å². The van der Waals surface area contributed by atoms with Gasteiger partial charge in [0.15, 0.2) is 0 Å². The maximum atomic E-state index is 12.4. The number of rotatable bonds is 7. The van der Waals surface area contributed by atoms with Crippen molar-refractivity contribution >= 4 is 23.7 Å². The number of aromatic nitrogens is 2. The van der Waals surface area contributed by atoms with Gasteiger partial charge in [-0.25, -0.2) is 5.43 Å². The number of carbonyl (C=O) groups is 1. The Morgan fingerprint density at radius 1 is 1.09 bits per heavy atom. The molecule has 1 heterocycles. The fraction of sp³-hybridized carbons (Fsp3) is 0.0417. The molecule has 1 amide bonds. The maximum Gasteiger partial charge on any atom is 0.289 e. The summed E-state index contributed by atoms with van der Waals surface area (Å²) in [6, 6.07) is 23.0. The first kappa shape index (κ1) is 21.1. The van der Waals surface area contributed by atoms with Crippen LogP contribution in [-0.4, -0.2) is 27.4 Å². The zero-order valence-electron chi connectivity index (χ0n) is 16.8. The first-order valence-electron chi connectivity index (χ1n) is 9.73. The molecule has 0 spiro atoms. The molecule has 0 atom stereocenters. The van der Waals surface area contributed by atoms with Gasteiger partial charge in [-0.2, -0.15) is 10.2 Å². The van der Waals surface area contributed by atoms with Crippen LogP contribution < -0.4 is 10.2 Å². The lowest BCUT2D eigenvalue weighted by Crippen LogP contribution is -2.17. The first-order chi connectivity index (χ1) is 15.6. The van der Waals surface area contributed by atoms with Gasteiger partial charge in [0.05, 0.1) is 11.9 Å². The van der Waals surface area contributed by atoms with Crippen LogP contribution in [0.15, 0.2) is 84.0 Å². The number of phenolic OH excluding ortho intramolecular Hbond substituents is 1. The molecule has 0 aliphatic carbocycles. The average molecular weight is 447 g/mol. The Labute approximate surface area is 189 Å². The zero-order chi connectivity index (χ0) is 22.3. The van der Waals surface area contributed by atoms with Gasteiger partial charge < -0.3 is 9.84 Å². The summed E-state index contributed by atoms with van der Waals surface area (Å²) < 4.78 is 5.97. The highest BCUT2D eigenvalue weighted by atomic mass is 35.5. The number of nitrogens with one attached hydrogen (secondary N) is 2. The van der Waals surface area contributed by atoms with E-state index in [2.05, 4.69) is 20.7 Å². The standard InChI is InChI=1S/C24H19ClN4O3/c25-20-7-3-1-5-17(20)15-32-23-8-4-2-6-19(23)21-13-22(28-27-21)24(31)29-26-14-16-9-11-18(30)12-10-16/h1-14,30H,15H2,(H,27,28)(H,29,31). The monoisotopic (exact) mass is 446 g/mol. The lowest BCUT2D eigenvalue weighted by atomic mass is 10.1. The molecule has 0 saturated carbocycles. The number of hydrazone groups is 1. The van der Waals surface area contributed by atoms with Crippen molar-refractivity contribution in [2.45, 2.75) is 6.61 Å². The molecule has 3 N–H and O–H groups in total. The summed E-state index contributed by atoms with van der Waals surface area (Å²) in [6.45, 7) is 0.306. The van der Waals surface area contributed by atoms with Crippen molar-refractivity contribution < 1.29 is 14.6 Å². The molecule has 7 nitrogen and oxygen atoms in total. The fourth-order valence-electron chi connectivity index (χ4n) is 2.94. The molecule has 0 fully saturated rings. The highest BCUT2D eigenvalue weighted by Gasteiger charge is 2.14. The van der Waals surface area contributed by atoms with Gasteiger partial charge in [-0.3, -0.25) is 9.89 Å². The van der Waals surface area contributed by atoms with E-state index in [9.17, 15) is 9.90 Å². The lowest BCUT2D eigenvalue weighted by Gasteiger charge is -2.11. The predicted molar refractivity (Wildman–Crippen MR) is 123 cm³/mol. The van der Waals surface area contributed by atoms with E-state index < -0.39 is 5.91 Å². The minimum atomic E-state index is -0.437. The van der Waals surface area contributed by atoms with Crippen molar-refractivity contribution in [2.24, 2.45) is 5.10 Å². The number of phenols is 1.